The first-order valence-corrected chi connectivity index (χ1v) is 7.06. The summed E-state index contributed by atoms with van der Waals surface area (Å²) in [5.74, 6) is -1.01. The summed E-state index contributed by atoms with van der Waals surface area (Å²) in [6, 6.07) is 2.01. The predicted octanol–water partition coefficient (Wildman–Crippen LogP) is 1.88. The Bertz CT molecular complexity index is 637. The minimum Gasteiger partial charge on any atom is -0.469 e. The van der Waals surface area contributed by atoms with Gasteiger partial charge in [0.15, 0.2) is 0 Å². The lowest BCUT2D eigenvalue weighted by Crippen LogP contribution is -2.25. The number of ether oxygens (including phenoxy) is 1. The number of rotatable bonds is 8. The largest absolute Gasteiger partial charge is 0.469 e. The summed E-state index contributed by atoms with van der Waals surface area (Å²) in [7, 11) is 1.28. The van der Waals surface area contributed by atoms with E-state index in [0.717, 1.165) is 12.1 Å². The van der Waals surface area contributed by atoms with Crippen LogP contribution in [0.5, 0.6) is 0 Å². The van der Waals surface area contributed by atoms with Crippen molar-refractivity contribution in [1.29, 1.82) is 0 Å². The highest BCUT2D eigenvalue weighted by Crippen LogP contribution is 2.29. The fraction of sp³-hybridized carbons (Fsp3) is 0.429. The van der Waals surface area contributed by atoms with E-state index in [2.05, 4.69) is 10.1 Å². The molecule has 1 aromatic rings. The van der Waals surface area contributed by atoms with Crippen molar-refractivity contribution in [3.8, 4) is 0 Å². The molecule has 0 bridgehead atoms. The average molecular weight is 339 g/mol. The number of hydrogen-bond donors (Lipinski definition) is 1. The Kier molecular flexibility index (Phi) is 6.78. The lowest BCUT2D eigenvalue weighted by atomic mass is 10.1. The van der Waals surface area contributed by atoms with Crippen LogP contribution in [0.3, 0.4) is 0 Å². The Morgan fingerprint density at radius 1 is 1.12 bits per heavy atom. The van der Waals surface area contributed by atoms with Gasteiger partial charge in [0, 0.05) is 25.1 Å². The number of carbonyl (C=O) groups excluding carboxylic acids is 2. The van der Waals surface area contributed by atoms with Gasteiger partial charge >= 0.3 is 5.97 Å². The van der Waals surface area contributed by atoms with E-state index in [-0.39, 0.29) is 30.1 Å². The number of nitro groups is 2. The standard InChI is InChI=1S/C14H17N3O7/c1-9-11(16(20)21)7-10(8-12(9)17(22)23)14(19)15-6-4-3-5-13(18)24-2/h7-8H,3-6H2,1-2H3,(H,15,19). The second-order valence-electron chi connectivity index (χ2n) is 4.94. The fourth-order valence-corrected chi connectivity index (χ4v) is 1.99. The van der Waals surface area contributed by atoms with Crippen molar-refractivity contribution < 1.29 is 24.2 Å². The number of benzene rings is 1. The molecular formula is C14H17N3O7. The Morgan fingerprint density at radius 2 is 1.67 bits per heavy atom. The van der Waals surface area contributed by atoms with E-state index in [1.165, 1.54) is 14.0 Å². The van der Waals surface area contributed by atoms with Crippen LogP contribution >= 0.6 is 0 Å². The zero-order valence-electron chi connectivity index (χ0n) is 13.2. The minimum atomic E-state index is -0.768. The van der Waals surface area contributed by atoms with Crippen LogP contribution in [0.4, 0.5) is 11.4 Å². The molecule has 0 atom stereocenters. The molecule has 24 heavy (non-hydrogen) atoms. The molecule has 0 saturated heterocycles. The van der Waals surface area contributed by atoms with Gasteiger partial charge in [-0.1, -0.05) is 0 Å². The van der Waals surface area contributed by atoms with Crippen LogP contribution in [-0.4, -0.2) is 35.4 Å². The predicted molar refractivity (Wildman–Crippen MR) is 82.7 cm³/mol. The van der Waals surface area contributed by atoms with E-state index >= 15 is 0 Å². The van der Waals surface area contributed by atoms with Crippen molar-refractivity contribution in [2.24, 2.45) is 0 Å². The highest BCUT2D eigenvalue weighted by atomic mass is 16.6. The number of nitrogens with one attached hydrogen (secondary N) is 1. The van der Waals surface area contributed by atoms with Crippen LogP contribution in [0.1, 0.15) is 35.2 Å². The number of carbonyl (C=O) groups is 2. The molecule has 1 N–H and O–H groups in total. The molecule has 1 amide bonds. The van der Waals surface area contributed by atoms with Crippen LogP contribution in [0, 0.1) is 27.2 Å². The van der Waals surface area contributed by atoms with Crippen molar-refractivity contribution in [2.75, 3.05) is 13.7 Å². The van der Waals surface area contributed by atoms with Gasteiger partial charge < -0.3 is 10.1 Å². The zero-order valence-corrected chi connectivity index (χ0v) is 13.2. The average Bonchev–Trinajstić information content (AvgIpc) is 2.53. The van der Waals surface area contributed by atoms with Gasteiger partial charge in [-0.2, -0.15) is 0 Å². The lowest BCUT2D eigenvalue weighted by molar-refractivity contribution is -0.395. The number of methoxy groups -OCH3 is 1. The molecule has 1 aromatic carbocycles. The van der Waals surface area contributed by atoms with Crippen molar-refractivity contribution in [3.63, 3.8) is 0 Å². The summed E-state index contributed by atoms with van der Waals surface area (Å²) >= 11 is 0. The molecule has 1 rings (SSSR count). The van der Waals surface area contributed by atoms with E-state index in [9.17, 15) is 29.8 Å². The summed E-state index contributed by atoms with van der Waals surface area (Å²) in [6.45, 7) is 1.48. The second kappa shape index (κ2) is 8.56. The maximum Gasteiger partial charge on any atom is 0.305 e. The summed E-state index contributed by atoms with van der Waals surface area (Å²) in [5, 5.41) is 24.4. The lowest BCUT2D eigenvalue weighted by Gasteiger charge is -2.06. The third kappa shape index (κ3) is 5.00. The SMILES string of the molecule is COC(=O)CCCCNC(=O)c1cc([N+](=O)[O-])c(C)c([N+](=O)[O-])c1. The number of hydrogen-bond acceptors (Lipinski definition) is 7. The van der Waals surface area contributed by atoms with E-state index in [1.54, 1.807) is 0 Å². The van der Waals surface area contributed by atoms with Gasteiger partial charge in [0.2, 0.25) is 0 Å². The van der Waals surface area contributed by atoms with Crippen LogP contribution in [0.25, 0.3) is 0 Å². The van der Waals surface area contributed by atoms with Crippen molar-refractivity contribution in [1.82, 2.24) is 5.32 Å². The first-order chi connectivity index (χ1) is 11.3. The molecule has 0 aliphatic heterocycles. The molecule has 10 heteroatoms. The van der Waals surface area contributed by atoms with Gasteiger partial charge in [-0.05, 0) is 19.8 Å². The quantitative estimate of drug-likeness (QED) is 0.330. The molecule has 0 unspecified atom stereocenters. The van der Waals surface area contributed by atoms with Crippen LogP contribution in [0.2, 0.25) is 0 Å². The van der Waals surface area contributed by atoms with Gasteiger partial charge in [0.1, 0.15) is 5.56 Å². The van der Waals surface area contributed by atoms with E-state index in [1.807, 2.05) is 0 Å². The Balaban J connectivity index is 2.78. The molecule has 0 aromatic heterocycles. The third-order valence-electron chi connectivity index (χ3n) is 3.33. The Morgan fingerprint density at radius 3 is 2.12 bits per heavy atom. The maximum atomic E-state index is 12.0. The molecule has 0 spiro atoms. The molecule has 0 aliphatic carbocycles. The highest BCUT2D eigenvalue weighted by Gasteiger charge is 2.25. The van der Waals surface area contributed by atoms with E-state index in [4.69, 9.17) is 0 Å². The molecule has 0 fully saturated rings. The molecule has 0 saturated carbocycles. The molecule has 130 valence electrons. The highest BCUT2D eigenvalue weighted by molar-refractivity contribution is 5.96. The third-order valence-corrected chi connectivity index (χ3v) is 3.33. The molecule has 0 aliphatic rings. The number of esters is 1. The van der Waals surface area contributed by atoms with Crippen molar-refractivity contribution >= 4 is 23.3 Å². The molecular weight excluding hydrogens is 322 g/mol. The van der Waals surface area contributed by atoms with Crippen LogP contribution in [0.15, 0.2) is 12.1 Å². The monoisotopic (exact) mass is 339 g/mol. The van der Waals surface area contributed by atoms with Gasteiger partial charge in [-0.25, -0.2) is 0 Å². The summed E-state index contributed by atoms with van der Waals surface area (Å²) in [6.07, 6.45) is 1.21. The van der Waals surface area contributed by atoms with E-state index in [0.29, 0.717) is 12.8 Å². The molecule has 10 nitrogen and oxygen atoms in total. The smallest absolute Gasteiger partial charge is 0.305 e. The zero-order chi connectivity index (χ0) is 18.3. The summed E-state index contributed by atoms with van der Waals surface area (Å²) < 4.78 is 4.48. The van der Waals surface area contributed by atoms with Crippen molar-refractivity contribution in [3.05, 3.63) is 43.5 Å². The maximum absolute atomic E-state index is 12.0. The second-order valence-corrected chi connectivity index (χ2v) is 4.94. The van der Waals surface area contributed by atoms with Gasteiger partial charge in [0.25, 0.3) is 17.3 Å². The molecule has 0 radical (unpaired) electrons. The first-order valence-electron chi connectivity index (χ1n) is 7.06. The van der Waals surface area contributed by atoms with Crippen molar-refractivity contribution in [2.45, 2.75) is 26.2 Å². The first kappa shape index (κ1) is 19.0. The van der Waals surface area contributed by atoms with Gasteiger partial charge in [-0.3, -0.25) is 29.8 Å². The van der Waals surface area contributed by atoms with Gasteiger partial charge in [0.05, 0.1) is 22.5 Å². The number of nitrogens with zero attached hydrogens (tertiary/aromatic N) is 2. The molecule has 0 heterocycles. The van der Waals surface area contributed by atoms with Gasteiger partial charge in [-0.15, -0.1) is 0 Å². The summed E-state index contributed by atoms with van der Waals surface area (Å²) in [4.78, 5) is 43.3. The summed E-state index contributed by atoms with van der Waals surface area (Å²) in [5.41, 5.74) is -1.24. The van der Waals surface area contributed by atoms with Crippen LogP contribution in [-0.2, 0) is 9.53 Å². The normalized spacial score (nSPS) is 10.1. The Hall–Kier alpha value is -3.04. The minimum absolute atomic E-state index is 0.111. The fourth-order valence-electron chi connectivity index (χ4n) is 1.99. The number of nitro benzene ring substituents is 2. The Labute approximate surface area is 137 Å². The number of amides is 1. The van der Waals surface area contributed by atoms with Crippen LogP contribution < -0.4 is 5.32 Å². The number of unbranched alkanes of at least 4 members (excludes halogenated alkanes) is 1. The topological polar surface area (TPSA) is 142 Å². The van der Waals surface area contributed by atoms with E-state index < -0.39 is 27.1 Å².